The third-order valence-corrected chi connectivity index (χ3v) is 5.15. The fourth-order valence-electron chi connectivity index (χ4n) is 2.22. The van der Waals surface area contributed by atoms with Crippen LogP contribution in [-0.4, -0.2) is 9.78 Å². The molecule has 0 aliphatic carbocycles. The number of nitrogens with one attached hydrogen (secondary N) is 1. The molecule has 0 saturated carbocycles. The van der Waals surface area contributed by atoms with Crippen molar-refractivity contribution in [2.24, 2.45) is 0 Å². The summed E-state index contributed by atoms with van der Waals surface area (Å²) >= 11 is 7.23. The molecule has 0 saturated heterocycles. The molecule has 20 heavy (non-hydrogen) atoms. The number of aryl methyl sites for hydroxylation is 2. The van der Waals surface area contributed by atoms with Gasteiger partial charge in [-0.1, -0.05) is 34.1 Å². The SMILES string of the molecule is CCn1nc(C)c(Br)c1CN[C@H](C)c1ccccc1Br. The molecule has 1 N–H and O–H groups in total. The van der Waals surface area contributed by atoms with Crippen LogP contribution in [0.25, 0.3) is 0 Å². The Labute approximate surface area is 137 Å². The Morgan fingerprint density at radius 1 is 1.30 bits per heavy atom. The van der Waals surface area contributed by atoms with Crippen molar-refractivity contribution in [3.63, 3.8) is 0 Å². The lowest BCUT2D eigenvalue weighted by Gasteiger charge is -2.16. The monoisotopic (exact) mass is 399 g/mol. The van der Waals surface area contributed by atoms with E-state index in [1.54, 1.807) is 0 Å². The first-order valence-electron chi connectivity index (χ1n) is 6.74. The molecule has 0 unspecified atom stereocenters. The van der Waals surface area contributed by atoms with Gasteiger partial charge in [0.25, 0.3) is 0 Å². The zero-order valence-corrected chi connectivity index (χ0v) is 15.1. The maximum absolute atomic E-state index is 4.52. The van der Waals surface area contributed by atoms with Crippen molar-refractivity contribution in [3.8, 4) is 0 Å². The normalized spacial score (nSPS) is 12.7. The van der Waals surface area contributed by atoms with Gasteiger partial charge in [0.2, 0.25) is 0 Å². The van der Waals surface area contributed by atoms with Crippen molar-refractivity contribution < 1.29 is 0 Å². The molecule has 1 aromatic heterocycles. The Hall–Kier alpha value is -0.650. The van der Waals surface area contributed by atoms with Gasteiger partial charge in [0.1, 0.15) is 0 Å². The molecule has 1 atom stereocenters. The highest BCUT2D eigenvalue weighted by Crippen LogP contribution is 2.25. The average Bonchev–Trinajstić information content (AvgIpc) is 2.72. The highest BCUT2D eigenvalue weighted by atomic mass is 79.9. The summed E-state index contributed by atoms with van der Waals surface area (Å²) in [5, 5.41) is 8.08. The van der Waals surface area contributed by atoms with Gasteiger partial charge in [0.15, 0.2) is 0 Å². The van der Waals surface area contributed by atoms with Crippen LogP contribution in [0.3, 0.4) is 0 Å². The van der Waals surface area contributed by atoms with Crippen molar-refractivity contribution in [1.82, 2.24) is 15.1 Å². The topological polar surface area (TPSA) is 29.9 Å². The molecule has 108 valence electrons. The standard InChI is InChI=1S/C15H19Br2N3/c1-4-20-14(15(17)11(3)19-20)9-18-10(2)12-7-5-6-8-13(12)16/h5-8,10,18H,4,9H2,1-3H3/t10-/m1/s1. The van der Waals surface area contributed by atoms with Gasteiger partial charge in [-0.05, 0) is 48.3 Å². The van der Waals surface area contributed by atoms with Crippen LogP contribution in [0.5, 0.6) is 0 Å². The lowest BCUT2D eigenvalue weighted by molar-refractivity contribution is 0.529. The van der Waals surface area contributed by atoms with Gasteiger partial charge in [-0.3, -0.25) is 4.68 Å². The van der Waals surface area contributed by atoms with Gasteiger partial charge >= 0.3 is 0 Å². The second-order valence-electron chi connectivity index (χ2n) is 4.79. The Morgan fingerprint density at radius 3 is 2.65 bits per heavy atom. The van der Waals surface area contributed by atoms with E-state index in [1.807, 2.05) is 17.7 Å². The fraction of sp³-hybridized carbons (Fsp3) is 0.400. The van der Waals surface area contributed by atoms with Crippen LogP contribution >= 0.6 is 31.9 Å². The van der Waals surface area contributed by atoms with Crippen LogP contribution in [0.1, 0.15) is 36.8 Å². The molecule has 0 fully saturated rings. The van der Waals surface area contributed by atoms with E-state index in [-0.39, 0.29) is 6.04 Å². The third kappa shape index (κ3) is 3.32. The predicted molar refractivity (Wildman–Crippen MR) is 89.7 cm³/mol. The van der Waals surface area contributed by atoms with Crippen LogP contribution < -0.4 is 5.32 Å². The first-order chi connectivity index (χ1) is 9.54. The summed E-state index contributed by atoms with van der Waals surface area (Å²) in [5.74, 6) is 0. The molecule has 0 spiro atoms. The second kappa shape index (κ2) is 6.87. The minimum absolute atomic E-state index is 0.276. The van der Waals surface area contributed by atoms with Crippen molar-refractivity contribution in [3.05, 3.63) is 50.2 Å². The third-order valence-electron chi connectivity index (χ3n) is 3.40. The molecule has 3 nitrogen and oxygen atoms in total. The van der Waals surface area contributed by atoms with E-state index in [1.165, 1.54) is 11.3 Å². The number of halogens is 2. The highest BCUT2D eigenvalue weighted by molar-refractivity contribution is 9.10. The van der Waals surface area contributed by atoms with E-state index in [0.29, 0.717) is 0 Å². The number of aromatic nitrogens is 2. The van der Waals surface area contributed by atoms with Crippen LogP contribution in [0.15, 0.2) is 33.2 Å². The molecular formula is C15H19Br2N3. The Bertz CT molecular complexity index is 593. The van der Waals surface area contributed by atoms with Gasteiger partial charge < -0.3 is 5.32 Å². The molecule has 0 aliphatic rings. The maximum Gasteiger partial charge on any atom is 0.0739 e. The van der Waals surface area contributed by atoms with E-state index in [2.05, 4.69) is 74.3 Å². The van der Waals surface area contributed by atoms with Gasteiger partial charge in [-0.15, -0.1) is 0 Å². The van der Waals surface area contributed by atoms with E-state index in [9.17, 15) is 0 Å². The Kier molecular flexibility index (Phi) is 5.41. The summed E-state index contributed by atoms with van der Waals surface area (Å²) in [6.45, 7) is 7.98. The summed E-state index contributed by atoms with van der Waals surface area (Å²) in [4.78, 5) is 0. The molecule has 0 amide bonds. The highest BCUT2D eigenvalue weighted by Gasteiger charge is 2.14. The van der Waals surface area contributed by atoms with Gasteiger partial charge in [-0.2, -0.15) is 5.10 Å². The molecule has 1 aromatic carbocycles. The molecule has 1 heterocycles. The molecule has 0 radical (unpaired) electrons. The lowest BCUT2D eigenvalue weighted by atomic mass is 10.1. The largest absolute Gasteiger partial charge is 0.304 e. The van der Waals surface area contributed by atoms with Gasteiger partial charge in [0.05, 0.1) is 15.9 Å². The predicted octanol–water partition coefficient (Wildman–Crippen LogP) is 4.59. The second-order valence-corrected chi connectivity index (χ2v) is 6.43. The first-order valence-corrected chi connectivity index (χ1v) is 8.32. The van der Waals surface area contributed by atoms with E-state index >= 15 is 0 Å². The van der Waals surface area contributed by atoms with Crippen molar-refractivity contribution >= 4 is 31.9 Å². The summed E-state index contributed by atoms with van der Waals surface area (Å²) < 4.78 is 4.28. The summed E-state index contributed by atoms with van der Waals surface area (Å²) in [6.07, 6.45) is 0. The molecule has 0 bridgehead atoms. The van der Waals surface area contributed by atoms with E-state index < -0.39 is 0 Å². The minimum atomic E-state index is 0.276. The summed E-state index contributed by atoms with van der Waals surface area (Å²) in [5.41, 5.74) is 3.50. The number of benzene rings is 1. The minimum Gasteiger partial charge on any atom is -0.304 e. The van der Waals surface area contributed by atoms with Crippen molar-refractivity contribution in [1.29, 1.82) is 0 Å². The molecule has 0 aliphatic heterocycles. The number of rotatable bonds is 5. The summed E-state index contributed by atoms with van der Waals surface area (Å²) in [7, 11) is 0. The molecule has 2 rings (SSSR count). The van der Waals surface area contributed by atoms with Crippen LogP contribution in [0.2, 0.25) is 0 Å². The number of hydrogen-bond acceptors (Lipinski definition) is 2. The quantitative estimate of drug-likeness (QED) is 0.795. The maximum atomic E-state index is 4.52. The zero-order valence-electron chi connectivity index (χ0n) is 12.0. The lowest BCUT2D eigenvalue weighted by Crippen LogP contribution is -2.20. The van der Waals surface area contributed by atoms with Crippen LogP contribution in [0.4, 0.5) is 0 Å². The smallest absolute Gasteiger partial charge is 0.0739 e. The number of hydrogen-bond donors (Lipinski definition) is 1. The van der Waals surface area contributed by atoms with Crippen LogP contribution in [0, 0.1) is 6.92 Å². The molecule has 2 aromatic rings. The van der Waals surface area contributed by atoms with Crippen molar-refractivity contribution in [2.75, 3.05) is 0 Å². The summed E-state index contributed by atoms with van der Waals surface area (Å²) in [6, 6.07) is 8.59. The average molecular weight is 401 g/mol. The first kappa shape index (κ1) is 15.7. The van der Waals surface area contributed by atoms with Gasteiger partial charge in [-0.25, -0.2) is 0 Å². The van der Waals surface area contributed by atoms with Crippen LogP contribution in [-0.2, 0) is 13.1 Å². The van der Waals surface area contributed by atoms with Gasteiger partial charge in [0, 0.05) is 23.6 Å². The van der Waals surface area contributed by atoms with E-state index in [4.69, 9.17) is 0 Å². The molecule has 5 heteroatoms. The Morgan fingerprint density at radius 2 is 2.00 bits per heavy atom. The zero-order chi connectivity index (χ0) is 14.7. The Balaban J connectivity index is 2.11. The van der Waals surface area contributed by atoms with E-state index in [0.717, 1.165) is 27.7 Å². The molecular weight excluding hydrogens is 382 g/mol. The van der Waals surface area contributed by atoms with Crippen molar-refractivity contribution in [2.45, 2.75) is 39.9 Å². The fourth-order valence-corrected chi connectivity index (χ4v) is 3.28. The number of nitrogens with zero attached hydrogens (tertiary/aromatic N) is 2.